The molecule has 1 atom stereocenters. The summed E-state index contributed by atoms with van der Waals surface area (Å²) in [5, 5.41) is 0. The van der Waals surface area contributed by atoms with Gasteiger partial charge in [0.05, 0.1) is 0 Å². The summed E-state index contributed by atoms with van der Waals surface area (Å²) in [6, 6.07) is 7.73. The number of hydrogen-bond donors (Lipinski definition) is 0. The number of ketones is 1. The number of carbonyl (C=O) groups is 2. The highest BCUT2D eigenvalue weighted by Gasteiger charge is 2.27. The van der Waals surface area contributed by atoms with Crippen LogP contribution in [0.25, 0.3) is 0 Å². The van der Waals surface area contributed by atoms with Crippen LogP contribution in [0.1, 0.15) is 49.4 Å². The van der Waals surface area contributed by atoms with Gasteiger partial charge in [0, 0.05) is 28.1 Å². The lowest BCUT2D eigenvalue weighted by Crippen LogP contribution is -2.41. The molecule has 0 spiro atoms. The maximum atomic E-state index is 12.7. The van der Waals surface area contributed by atoms with Crippen molar-refractivity contribution in [2.45, 2.75) is 45.1 Å². The summed E-state index contributed by atoms with van der Waals surface area (Å²) in [6.07, 6.45) is 4.70. The van der Waals surface area contributed by atoms with Crippen LogP contribution >= 0.6 is 22.6 Å². The van der Waals surface area contributed by atoms with Crippen molar-refractivity contribution in [3.63, 3.8) is 0 Å². The number of halogens is 1. The van der Waals surface area contributed by atoms with Crippen molar-refractivity contribution in [1.82, 2.24) is 4.90 Å². The van der Waals surface area contributed by atoms with Gasteiger partial charge in [-0.25, -0.2) is 0 Å². The van der Waals surface area contributed by atoms with E-state index in [0.29, 0.717) is 6.42 Å². The summed E-state index contributed by atoms with van der Waals surface area (Å²) in [6.45, 7) is 2.38. The molecule has 1 amide bonds. The molecule has 4 heteroatoms. The van der Waals surface area contributed by atoms with E-state index in [1.165, 1.54) is 0 Å². The van der Waals surface area contributed by atoms with Gasteiger partial charge in [-0.2, -0.15) is 0 Å². The van der Waals surface area contributed by atoms with E-state index < -0.39 is 0 Å². The molecule has 1 aliphatic heterocycles. The summed E-state index contributed by atoms with van der Waals surface area (Å²) < 4.78 is 1.06. The van der Waals surface area contributed by atoms with E-state index in [0.717, 1.165) is 41.4 Å². The quantitative estimate of drug-likeness (QED) is 0.745. The van der Waals surface area contributed by atoms with E-state index in [1.54, 1.807) is 6.92 Å². The number of amides is 1. The molecule has 20 heavy (non-hydrogen) atoms. The Morgan fingerprint density at radius 2 is 2.10 bits per heavy atom. The van der Waals surface area contributed by atoms with Gasteiger partial charge in [-0.05, 0) is 60.6 Å². The Morgan fingerprint density at radius 1 is 1.30 bits per heavy atom. The van der Waals surface area contributed by atoms with E-state index in [1.807, 2.05) is 29.2 Å². The number of nitrogens with zero attached hydrogens (tertiary/aromatic N) is 1. The van der Waals surface area contributed by atoms with E-state index >= 15 is 0 Å². The van der Waals surface area contributed by atoms with Crippen LogP contribution in [0.15, 0.2) is 24.3 Å². The standard InChI is InChI=1S/C16H20INO2/c1-12(19)10-15-8-3-2-4-9-18(15)16(20)13-6-5-7-14(17)11-13/h5-7,11,15H,2-4,8-10H2,1H3. The number of likely N-dealkylation sites (tertiary alicyclic amines) is 1. The molecule has 0 N–H and O–H groups in total. The molecule has 0 radical (unpaired) electrons. The highest BCUT2D eigenvalue weighted by molar-refractivity contribution is 14.1. The van der Waals surface area contributed by atoms with Crippen molar-refractivity contribution < 1.29 is 9.59 Å². The zero-order valence-corrected chi connectivity index (χ0v) is 13.9. The van der Waals surface area contributed by atoms with Crippen LogP contribution in [0.4, 0.5) is 0 Å². The van der Waals surface area contributed by atoms with Gasteiger partial charge in [-0.15, -0.1) is 0 Å². The lowest BCUT2D eigenvalue weighted by Gasteiger charge is -2.29. The summed E-state index contributed by atoms with van der Waals surface area (Å²) in [4.78, 5) is 26.1. The molecule has 1 heterocycles. The Hall–Kier alpha value is -0.910. The number of Topliss-reactive ketones (excluding diaryl/α,β-unsaturated/α-hetero) is 1. The molecule has 0 saturated carbocycles. The fraction of sp³-hybridized carbons (Fsp3) is 0.500. The van der Waals surface area contributed by atoms with Crippen LogP contribution in [0, 0.1) is 3.57 Å². The molecule has 1 unspecified atom stereocenters. The first kappa shape index (κ1) is 15.5. The first-order valence-electron chi connectivity index (χ1n) is 7.14. The molecule has 0 bridgehead atoms. The second-order valence-corrected chi connectivity index (χ2v) is 6.66. The third kappa shape index (κ3) is 4.04. The van der Waals surface area contributed by atoms with Crippen LogP contribution < -0.4 is 0 Å². The van der Waals surface area contributed by atoms with Crippen LogP contribution in [0.3, 0.4) is 0 Å². The topological polar surface area (TPSA) is 37.4 Å². The highest BCUT2D eigenvalue weighted by atomic mass is 127. The predicted molar refractivity (Wildman–Crippen MR) is 87.7 cm³/mol. The Labute approximate surface area is 133 Å². The van der Waals surface area contributed by atoms with Crippen LogP contribution in [0.2, 0.25) is 0 Å². The van der Waals surface area contributed by atoms with Crippen molar-refractivity contribution in [3.8, 4) is 0 Å². The van der Waals surface area contributed by atoms with E-state index in [9.17, 15) is 9.59 Å². The SMILES string of the molecule is CC(=O)CC1CCCCCN1C(=O)c1cccc(I)c1. The van der Waals surface area contributed by atoms with Gasteiger partial charge >= 0.3 is 0 Å². The molecule has 2 rings (SSSR count). The average Bonchev–Trinajstić information content (AvgIpc) is 2.63. The third-order valence-corrected chi connectivity index (χ3v) is 4.40. The minimum absolute atomic E-state index is 0.0664. The molecular weight excluding hydrogens is 365 g/mol. The van der Waals surface area contributed by atoms with Crippen LogP contribution in [-0.4, -0.2) is 29.2 Å². The van der Waals surface area contributed by atoms with Crippen LogP contribution in [-0.2, 0) is 4.79 Å². The predicted octanol–water partition coefficient (Wildman–Crippen LogP) is 3.66. The fourth-order valence-corrected chi connectivity index (χ4v) is 3.32. The van der Waals surface area contributed by atoms with E-state index in [4.69, 9.17) is 0 Å². The first-order valence-corrected chi connectivity index (χ1v) is 8.22. The van der Waals surface area contributed by atoms with Crippen LogP contribution in [0.5, 0.6) is 0 Å². The van der Waals surface area contributed by atoms with Gasteiger partial charge < -0.3 is 4.90 Å². The fourth-order valence-electron chi connectivity index (χ4n) is 2.78. The van der Waals surface area contributed by atoms with E-state index in [-0.39, 0.29) is 17.7 Å². The van der Waals surface area contributed by atoms with Crippen molar-refractivity contribution in [3.05, 3.63) is 33.4 Å². The van der Waals surface area contributed by atoms with Gasteiger partial charge in [-0.3, -0.25) is 9.59 Å². The molecule has 0 aromatic heterocycles. The van der Waals surface area contributed by atoms with Gasteiger partial charge in [0.2, 0.25) is 0 Å². The van der Waals surface area contributed by atoms with Crippen molar-refractivity contribution in [1.29, 1.82) is 0 Å². The summed E-state index contributed by atoms with van der Waals surface area (Å²) >= 11 is 2.22. The molecule has 1 aromatic rings. The highest BCUT2D eigenvalue weighted by Crippen LogP contribution is 2.22. The Morgan fingerprint density at radius 3 is 2.80 bits per heavy atom. The number of benzene rings is 1. The Kier molecular flexibility index (Phi) is 5.57. The lowest BCUT2D eigenvalue weighted by molar-refractivity contribution is -0.118. The molecule has 108 valence electrons. The zero-order valence-electron chi connectivity index (χ0n) is 11.8. The number of carbonyl (C=O) groups excluding carboxylic acids is 2. The van der Waals surface area contributed by atoms with Crippen molar-refractivity contribution >= 4 is 34.3 Å². The average molecular weight is 385 g/mol. The molecule has 1 saturated heterocycles. The molecule has 1 aromatic carbocycles. The molecular formula is C16H20INO2. The second-order valence-electron chi connectivity index (χ2n) is 5.42. The maximum absolute atomic E-state index is 12.7. The van der Waals surface area contributed by atoms with Gasteiger partial charge in [0.25, 0.3) is 5.91 Å². The maximum Gasteiger partial charge on any atom is 0.254 e. The largest absolute Gasteiger partial charge is 0.335 e. The molecule has 3 nitrogen and oxygen atoms in total. The normalized spacial score (nSPS) is 19.5. The van der Waals surface area contributed by atoms with E-state index in [2.05, 4.69) is 22.6 Å². The lowest BCUT2D eigenvalue weighted by atomic mass is 10.0. The molecule has 1 fully saturated rings. The smallest absolute Gasteiger partial charge is 0.254 e. The van der Waals surface area contributed by atoms with Crippen molar-refractivity contribution in [2.24, 2.45) is 0 Å². The van der Waals surface area contributed by atoms with Gasteiger partial charge in [0.15, 0.2) is 0 Å². The summed E-state index contributed by atoms with van der Waals surface area (Å²) in [5.41, 5.74) is 0.729. The van der Waals surface area contributed by atoms with Gasteiger partial charge in [-0.1, -0.05) is 18.9 Å². The third-order valence-electron chi connectivity index (χ3n) is 3.73. The van der Waals surface area contributed by atoms with Gasteiger partial charge in [0.1, 0.15) is 5.78 Å². The molecule has 1 aliphatic rings. The number of hydrogen-bond acceptors (Lipinski definition) is 2. The Balaban J connectivity index is 2.21. The summed E-state index contributed by atoms with van der Waals surface area (Å²) in [7, 11) is 0. The minimum atomic E-state index is 0.0664. The Bertz CT molecular complexity index is 501. The molecule has 0 aliphatic carbocycles. The first-order chi connectivity index (χ1) is 9.58. The number of rotatable bonds is 3. The second kappa shape index (κ2) is 7.20. The summed E-state index contributed by atoms with van der Waals surface area (Å²) in [5.74, 6) is 0.231. The van der Waals surface area contributed by atoms with Crippen molar-refractivity contribution in [2.75, 3.05) is 6.54 Å². The monoisotopic (exact) mass is 385 g/mol. The minimum Gasteiger partial charge on any atom is -0.335 e. The zero-order chi connectivity index (χ0) is 14.5.